The fourth-order valence-electron chi connectivity index (χ4n) is 3.69. The number of aromatic nitrogens is 1. The molecule has 5 heteroatoms. The van der Waals surface area contributed by atoms with Crippen LogP contribution in [0.4, 0.5) is 0 Å². The number of fused-ring (bicyclic) bond motifs is 5. The van der Waals surface area contributed by atoms with Gasteiger partial charge in [0.2, 0.25) is 6.79 Å². The minimum Gasteiger partial charge on any atom is -0.454 e. The highest BCUT2D eigenvalue weighted by atomic mass is 16.7. The maximum atomic E-state index is 12.7. The Bertz CT molecular complexity index is 802. The minimum atomic E-state index is 0.0492. The molecule has 110 valence electrons. The van der Waals surface area contributed by atoms with Gasteiger partial charge in [-0.2, -0.15) is 0 Å². The fraction of sp³-hybridized carbons (Fsp3) is 0.294. The van der Waals surface area contributed by atoms with Crippen molar-refractivity contribution in [1.82, 2.24) is 9.88 Å². The van der Waals surface area contributed by atoms with Crippen molar-refractivity contribution in [2.45, 2.75) is 18.9 Å². The maximum Gasteiger partial charge on any atom is 0.256 e. The molecule has 3 aliphatic heterocycles. The maximum absolute atomic E-state index is 12.7. The van der Waals surface area contributed by atoms with Gasteiger partial charge >= 0.3 is 0 Å². The summed E-state index contributed by atoms with van der Waals surface area (Å²) in [5.74, 6) is 1.68. The lowest BCUT2D eigenvalue weighted by atomic mass is 9.85. The Labute approximate surface area is 127 Å². The zero-order valence-electron chi connectivity index (χ0n) is 11.9. The van der Waals surface area contributed by atoms with E-state index in [1.165, 1.54) is 11.1 Å². The van der Waals surface area contributed by atoms with Crippen LogP contribution in [0.1, 0.15) is 33.2 Å². The molecule has 1 unspecified atom stereocenters. The first-order chi connectivity index (χ1) is 10.8. The first-order valence-electron chi connectivity index (χ1n) is 7.48. The number of benzene rings is 1. The van der Waals surface area contributed by atoms with E-state index in [-0.39, 0.29) is 18.7 Å². The SMILES string of the molecule is O=C1c2cccnc2CC2c3cc4c(cc3CCN12)OCO4. The molecular weight excluding hydrogens is 280 g/mol. The van der Waals surface area contributed by atoms with E-state index < -0.39 is 0 Å². The van der Waals surface area contributed by atoms with E-state index in [9.17, 15) is 4.79 Å². The molecule has 1 aromatic carbocycles. The van der Waals surface area contributed by atoms with Gasteiger partial charge in [-0.25, -0.2) is 0 Å². The first-order valence-corrected chi connectivity index (χ1v) is 7.48. The third kappa shape index (κ3) is 1.53. The van der Waals surface area contributed by atoms with Gasteiger partial charge < -0.3 is 14.4 Å². The molecule has 0 saturated heterocycles. The molecule has 0 spiro atoms. The molecule has 0 bridgehead atoms. The summed E-state index contributed by atoms with van der Waals surface area (Å²) >= 11 is 0. The van der Waals surface area contributed by atoms with Crippen molar-refractivity contribution in [3.8, 4) is 11.5 Å². The van der Waals surface area contributed by atoms with E-state index in [4.69, 9.17) is 9.47 Å². The number of carbonyl (C=O) groups excluding carboxylic acids is 1. The van der Waals surface area contributed by atoms with Crippen molar-refractivity contribution in [2.24, 2.45) is 0 Å². The number of nitrogens with zero attached hydrogens (tertiary/aromatic N) is 2. The van der Waals surface area contributed by atoms with Crippen LogP contribution in [0.25, 0.3) is 0 Å². The lowest BCUT2D eigenvalue weighted by Gasteiger charge is -2.40. The predicted octanol–water partition coefficient (Wildman–Crippen LogP) is 2.11. The highest BCUT2D eigenvalue weighted by Crippen LogP contribution is 2.43. The van der Waals surface area contributed by atoms with Crippen LogP contribution in [0.3, 0.4) is 0 Å². The molecule has 1 amide bonds. The van der Waals surface area contributed by atoms with Crippen molar-refractivity contribution in [3.05, 3.63) is 52.8 Å². The van der Waals surface area contributed by atoms with Crippen LogP contribution >= 0.6 is 0 Å². The molecule has 1 aromatic heterocycles. The van der Waals surface area contributed by atoms with Crippen LogP contribution in [-0.4, -0.2) is 29.1 Å². The Hall–Kier alpha value is -2.56. The van der Waals surface area contributed by atoms with Gasteiger partial charge in [0.05, 0.1) is 17.3 Å². The summed E-state index contributed by atoms with van der Waals surface area (Å²) in [5.41, 5.74) is 4.04. The summed E-state index contributed by atoms with van der Waals surface area (Å²) in [7, 11) is 0. The number of hydrogen-bond acceptors (Lipinski definition) is 4. The predicted molar refractivity (Wildman–Crippen MR) is 78.0 cm³/mol. The fourth-order valence-corrected chi connectivity index (χ4v) is 3.69. The molecule has 5 rings (SSSR count). The Morgan fingerprint density at radius 2 is 2.09 bits per heavy atom. The number of ether oxygens (including phenoxy) is 2. The second-order valence-electron chi connectivity index (χ2n) is 5.87. The number of carbonyl (C=O) groups is 1. The number of pyridine rings is 1. The van der Waals surface area contributed by atoms with Crippen LogP contribution in [0.2, 0.25) is 0 Å². The summed E-state index contributed by atoms with van der Waals surface area (Å²) in [6.07, 6.45) is 3.36. The lowest BCUT2D eigenvalue weighted by Crippen LogP contribution is -2.44. The van der Waals surface area contributed by atoms with Gasteiger partial charge in [-0.05, 0) is 41.8 Å². The number of amides is 1. The van der Waals surface area contributed by atoms with Crippen molar-refractivity contribution >= 4 is 5.91 Å². The normalized spacial score (nSPS) is 21.2. The van der Waals surface area contributed by atoms with Gasteiger partial charge in [-0.1, -0.05) is 0 Å². The zero-order valence-corrected chi connectivity index (χ0v) is 11.9. The van der Waals surface area contributed by atoms with E-state index in [2.05, 4.69) is 11.1 Å². The van der Waals surface area contributed by atoms with Gasteiger partial charge in [0.25, 0.3) is 5.91 Å². The molecule has 0 fully saturated rings. The van der Waals surface area contributed by atoms with Crippen LogP contribution in [0.5, 0.6) is 11.5 Å². The summed E-state index contributed by atoms with van der Waals surface area (Å²) in [4.78, 5) is 19.1. The summed E-state index contributed by atoms with van der Waals surface area (Å²) in [6, 6.07) is 7.85. The average Bonchev–Trinajstić information content (AvgIpc) is 3.00. The first kappa shape index (κ1) is 12.0. The van der Waals surface area contributed by atoms with E-state index in [0.717, 1.165) is 42.1 Å². The molecule has 22 heavy (non-hydrogen) atoms. The summed E-state index contributed by atoms with van der Waals surface area (Å²) in [5, 5.41) is 0. The third-order valence-electron chi connectivity index (χ3n) is 4.76. The molecule has 3 aliphatic rings. The molecule has 5 nitrogen and oxygen atoms in total. The standard InChI is InChI=1S/C17H14N2O3/c20-17-11-2-1-4-18-13(11)8-14-12-7-16-15(21-9-22-16)6-10(12)3-5-19(14)17/h1-2,4,6-7,14H,3,5,8-9H2. The topological polar surface area (TPSA) is 51.7 Å². The largest absolute Gasteiger partial charge is 0.454 e. The zero-order chi connectivity index (χ0) is 14.7. The molecule has 1 atom stereocenters. The average molecular weight is 294 g/mol. The monoisotopic (exact) mass is 294 g/mol. The summed E-state index contributed by atoms with van der Waals surface area (Å²) in [6.45, 7) is 1.01. The van der Waals surface area contributed by atoms with Crippen molar-refractivity contribution in [3.63, 3.8) is 0 Å². The lowest BCUT2D eigenvalue weighted by molar-refractivity contribution is 0.0628. The Morgan fingerprint density at radius 3 is 3.00 bits per heavy atom. The van der Waals surface area contributed by atoms with Gasteiger partial charge in [0.1, 0.15) is 0 Å². The molecule has 0 aliphatic carbocycles. The van der Waals surface area contributed by atoms with Crippen LogP contribution in [0.15, 0.2) is 30.5 Å². The highest BCUT2D eigenvalue weighted by Gasteiger charge is 2.38. The van der Waals surface area contributed by atoms with Gasteiger partial charge in [-0.3, -0.25) is 9.78 Å². The molecular formula is C17H14N2O3. The Morgan fingerprint density at radius 1 is 1.23 bits per heavy atom. The highest BCUT2D eigenvalue weighted by molar-refractivity contribution is 5.96. The van der Waals surface area contributed by atoms with Crippen molar-refractivity contribution in [2.75, 3.05) is 13.3 Å². The van der Waals surface area contributed by atoms with Crippen LogP contribution < -0.4 is 9.47 Å². The molecule has 0 N–H and O–H groups in total. The van der Waals surface area contributed by atoms with Crippen molar-refractivity contribution < 1.29 is 14.3 Å². The van der Waals surface area contributed by atoms with E-state index >= 15 is 0 Å². The van der Waals surface area contributed by atoms with Crippen LogP contribution in [0, 0.1) is 0 Å². The molecule has 4 heterocycles. The van der Waals surface area contributed by atoms with Crippen LogP contribution in [-0.2, 0) is 12.8 Å². The third-order valence-corrected chi connectivity index (χ3v) is 4.76. The quantitative estimate of drug-likeness (QED) is 0.746. The molecule has 2 aromatic rings. The Kier molecular flexibility index (Phi) is 2.31. The second-order valence-corrected chi connectivity index (χ2v) is 5.87. The van der Waals surface area contributed by atoms with Gasteiger partial charge in [0, 0.05) is 19.2 Å². The number of rotatable bonds is 0. The molecule has 0 radical (unpaired) electrons. The number of hydrogen-bond donors (Lipinski definition) is 0. The van der Waals surface area contributed by atoms with Gasteiger partial charge in [0.15, 0.2) is 11.5 Å². The smallest absolute Gasteiger partial charge is 0.256 e. The molecule has 0 saturated carbocycles. The van der Waals surface area contributed by atoms with E-state index in [1.807, 2.05) is 23.1 Å². The Balaban J connectivity index is 1.65. The minimum absolute atomic E-state index is 0.0492. The van der Waals surface area contributed by atoms with Crippen molar-refractivity contribution in [1.29, 1.82) is 0 Å². The van der Waals surface area contributed by atoms with E-state index in [0.29, 0.717) is 0 Å². The summed E-state index contributed by atoms with van der Waals surface area (Å²) < 4.78 is 11.0. The van der Waals surface area contributed by atoms with E-state index in [1.54, 1.807) is 6.20 Å². The second kappa shape index (κ2) is 4.22. The van der Waals surface area contributed by atoms with Gasteiger partial charge in [-0.15, -0.1) is 0 Å².